The quantitative estimate of drug-likeness (QED) is 0.459. The molecule has 0 aliphatic carbocycles. The molecule has 1 saturated heterocycles. The van der Waals surface area contributed by atoms with Crippen molar-refractivity contribution in [2.45, 2.75) is 6.10 Å². The van der Waals surface area contributed by atoms with E-state index in [2.05, 4.69) is 4.99 Å². The molecule has 1 aromatic carbocycles. The fraction of sp³-hybridized carbons (Fsp3) is 0.273. The Morgan fingerprint density at radius 1 is 1.63 bits per heavy atom. The summed E-state index contributed by atoms with van der Waals surface area (Å²) in [7, 11) is 0.559. The van der Waals surface area contributed by atoms with E-state index in [0.717, 1.165) is 6.11 Å². The first-order chi connectivity index (χ1) is 9.11. The standard InChI is InChI=1S/C11H9BFIN2O3/c13-9-3-7(1-2-10(9)14)16-5-8(19-11(16)17)4-15-6-12-18/h1-3,6,8H,4-5H2. The third-order valence-electron chi connectivity index (χ3n) is 2.56. The molecule has 1 amide bonds. The SMILES string of the molecule is O=BC=NCC1CN(c2ccc(I)c(F)c2)C(=O)O1. The van der Waals surface area contributed by atoms with E-state index >= 15 is 0 Å². The number of ether oxygens (including phenoxy) is 1. The van der Waals surface area contributed by atoms with Crippen LogP contribution in [0.2, 0.25) is 0 Å². The van der Waals surface area contributed by atoms with Crippen molar-refractivity contribution in [3.8, 4) is 0 Å². The molecule has 1 aliphatic heterocycles. The third-order valence-corrected chi connectivity index (χ3v) is 3.44. The Morgan fingerprint density at radius 2 is 2.42 bits per heavy atom. The number of amides is 1. The predicted octanol–water partition coefficient (Wildman–Crippen LogP) is 1.83. The van der Waals surface area contributed by atoms with Crippen LogP contribution in [0.5, 0.6) is 0 Å². The number of anilines is 1. The van der Waals surface area contributed by atoms with Gasteiger partial charge in [0.25, 0.3) is 0 Å². The number of cyclic esters (lactones) is 1. The molecule has 1 heterocycles. The predicted molar refractivity (Wildman–Crippen MR) is 76.5 cm³/mol. The van der Waals surface area contributed by atoms with Crippen LogP contribution in [0.1, 0.15) is 0 Å². The summed E-state index contributed by atoms with van der Waals surface area (Å²) >= 11 is 1.87. The monoisotopic (exact) mass is 374 g/mol. The number of halogens is 2. The number of aliphatic imine (C=N–C) groups is 1. The van der Waals surface area contributed by atoms with E-state index in [1.165, 1.54) is 11.0 Å². The normalized spacial score (nSPS) is 18.7. The van der Waals surface area contributed by atoms with Crippen LogP contribution < -0.4 is 4.90 Å². The van der Waals surface area contributed by atoms with Gasteiger partial charge in [-0.3, -0.25) is 0 Å². The average molecular weight is 374 g/mol. The molecule has 1 atom stereocenters. The minimum atomic E-state index is -0.535. The molecule has 0 bridgehead atoms. The van der Waals surface area contributed by atoms with E-state index in [9.17, 15) is 13.9 Å². The molecule has 0 N–H and O–H groups in total. The first-order valence-electron chi connectivity index (χ1n) is 5.48. The van der Waals surface area contributed by atoms with Crippen LogP contribution in [0.15, 0.2) is 23.2 Å². The molecule has 5 nitrogen and oxygen atoms in total. The van der Waals surface area contributed by atoms with Crippen molar-refractivity contribution in [3.05, 3.63) is 27.6 Å². The molecule has 0 aromatic heterocycles. The molecule has 1 fully saturated rings. The van der Waals surface area contributed by atoms with Crippen molar-refractivity contribution < 1.29 is 18.6 Å². The minimum absolute atomic E-state index is 0.216. The van der Waals surface area contributed by atoms with Gasteiger partial charge in [0.1, 0.15) is 0 Å². The Bertz CT molecular complexity index is 541. The molecular formula is C11H9BFIN2O3. The fourth-order valence-corrected chi connectivity index (χ4v) is 2.04. The zero-order chi connectivity index (χ0) is 13.8. The molecule has 8 heteroatoms. The van der Waals surface area contributed by atoms with E-state index in [0.29, 0.717) is 16.4 Å². The van der Waals surface area contributed by atoms with Crippen molar-refractivity contribution in [1.29, 1.82) is 0 Å². The summed E-state index contributed by atoms with van der Waals surface area (Å²) < 4.78 is 29.1. The van der Waals surface area contributed by atoms with Crippen molar-refractivity contribution in [2.75, 3.05) is 18.0 Å². The summed E-state index contributed by atoms with van der Waals surface area (Å²) in [6, 6.07) is 4.54. The van der Waals surface area contributed by atoms with Crippen LogP contribution in [0, 0.1) is 9.39 Å². The Labute approximate surface area is 123 Å². The zero-order valence-corrected chi connectivity index (χ0v) is 11.9. The number of nitrogens with zero attached hydrogens (tertiary/aromatic N) is 2. The molecule has 1 aliphatic rings. The summed E-state index contributed by atoms with van der Waals surface area (Å²) in [5, 5.41) is 0. The zero-order valence-electron chi connectivity index (χ0n) is 9.75. The van der Waals surface area contributed by atoms with Crippen LogP contribution >= 0.6 is 22.6 Å². The van der Waals surface area contributed by atoms with Gasteiger partial charge in [-0.15, -0.1) is 0 Å². The molecule has 1 aromatic rings. The summed E-state index contributed by atoms with van der Waals surface area (Å²) in [5.41, 5.74) is 0.449. The molecule has 0 spiro atoms. The van der Waals surface area contributed by atoms with Crippen LogP contribution in [-0.2, 0) is 9.44 Å². The van der Waals surface area contributed by atoms with E-state index in [1.54, 1.807) is 12.1 Å². The van der Waals surface area contributed by atoms with Crippen LogP contribution in [0.3, 0.4) is 0 Å². The number of hydrogen-bond donors (Lipinski definition) is 0. The maximum absolute atomic E-state index is 13.5. The fourth-order valence-electron chi connectivity index (χ4n) is 1.70. The summed E-state index contributed by atoms with van der Waals surface area (Å²) in [6.07, 6.45) is 0.152. The number of benzene rings is 1. The average Bonchev–Trinajstić information content (AvgIpc) is 2.74. The van der Waals surface area contributed by atoms with Gasteiger partial charge >= 0.3 is 123 Å². The second-order valence-corrected chi connectivity index (χ2v) is 5.03. The van der Waals surface area contributed by atoms with Crippen molar-refractivity contribution in [1.82, 2.24) is 0 Å². The number of carbonyl (C=O) groups is 1. The molecule has 98 valence electrons. The third kappa shape index (κ3) is 3.37. The van der Waals surface area contributed by atoms with E-state index in [-0.39, 0.29) is 18.9 Å². The summed E-state index contributed by atoms with van der Waals surface area (Å²) in [6.45, 7) is 0.503. The van der Waals surface area contributed by atoms with Gasteiger partial charge in [0.15, 0.2) is 0 Å². The molecular weight excluding hydrogens is 365 g/mol. The van der Waals surface area contributed by atoms with Crippen LogP contribution in [0.25, 0.3) is 0 Å². The maximum atomic E-state index is 13.5. The Morgan fingerprint density at radius 3 is 3.11 bits per heavy atom. The van der Waals surface area contributed by atoms with E-state index in [4.69, 9.17) is 4.74 Å². The second-order valence-electron chi connectivity index (χ2n) is 3.87. The van der Waals surface area contributed by atoms with Crippen molar-refractivity contribution >= 4 is 47.6 Å². The Hall–Kier alpha value is -1.32. The molecule has 2 rings (SSSR count). The summed E-state index contributed by atoms with van der Waals surface area (Å²) in [5.74, 6) is -0.381. The summed E-state index contributed by atoms with van der Waals surface area (Å²) in [4.78, 5) is 16.8. The van der Waals surface area contributed by atoms with Crippen LogP contribution in [-0.4, -0.2) is 38.6 Å². The van der Waals surface area contributed by atoms with Gasteiger partial charge < -0.3 is 0 Å². The van der Waals surface area contributed by atoms with Gasteiger partial charge in [-0.2, -0.15) is 0 Å². The molecule has 0 saturated carbocycles. The second kappa shape index (κ2) is 6.22. The van der Waals surface area contributed by atoms with Gasteiger partial charge in [-0.25, -0.2) is 0 Å². The molecule has 0 radical (unpaired) electrons. The van der Waals surface area contributed by atoms with Gasteiger partial charge in [0.2, 0.25) is 0 Å². The van der Waals surface area contributed by atoms with Gasteiger partial charge in [-0.1, -0.05) is 0 Å². The van der Waals surface area contributed by atoms with Crippen molar-refractivity contribution in [3.63, 3.8) is 0 Å². The molecule has 1 unspecified atom stereocenters. The Balaban J connectivity index is 2.09. The van der Waals surface area contributed by atoms with E-state index in [1.807, 2.05) is 22.6 Å². The number of rotatable bonds is 4. The number of carbonyl (C=O) groups excluding carboxylic acids is 1. The number of hydrogen-bond acceptors (Lipinski definition) is 4. The molecule has 19 heavy (non-hydrogen) atoms. The first kappa shape index (κ1) is 14.1. The van der Waals surface area contributed by atoms with E-state index < -0.39 is 12.2 Å². The van der Waals surface area contributed by atoms with Gasteiger partial charge in [0, 0.05) is 0 Å². The first-order valence-corrected chi connectivity index (χ1v) is 6.56. The van der Waals surface area contributed by atoms with Gasteiger partial charge in [-0.05, 0) is 0 Å². The van der Waals surface area contributed by atoms with Gasteiger partial charge in [0.05, 0.1) is 0 Å². The Kier molecular flexibility index (Phi) is 4.62. The van der Waals surface area contributed by atoms with Crippen molar-refractivity contribution in [2.24, 2.45) is 4.99 Å². The topological polar surface area (TPSA) is 59.0 Å². The van der Waals surface area contributed by atoms with Crippen LogP contribution in [0.4, 0.5) is 14.9 Å².